The van der Waals surface area contributed by atoms with Crippen LogP contribution in [0.3, 0.4) is 0 Å². The highest BCUT2D eigenvalue weighted by atomic mass is 35.5. The molecule has 0 unspecified atom stereocenters. The van der Waals surface area contributed by atoms with Crippen LogP contribution in [0.1, 0.15) is 49.1 Å². The number of ketones is 1. The minimum Gasteiger partial charge on any atom is -0.382 e. The Morgan fingerprint density at radius 1 is 1.18 bits per heavy atom. The van der Waals surface area contributed by atoms with Gasteiger partial charge in [0.2, 0.25) is 11.7 Å². The second-order valence-electron chi connectivity index (χ2n) is 9.66. The van der Waals surface area contributed by atoms with Crippen molar-refractivity contribution in [1.82, 2.24) is 25.8 Å². The molecular formula is C26H32ClN5O5S. The Morgan fingerprint density at radius 2 is 1.92 bits per heavy atom. The molecule has 0 aliphatic heterocycles. The van der Waals surface area contributed by atoms with Crippen LogP contribution >= 0.6 is 22.9 Å². The van der Waals surface area contributed by atoms with Gasteiger partial charge in [-0.25, -0.2) is 9.78 Å². The predicted octanol–water partition coefficient (Wildman–Crippen LogP) is 2.80. The van der Waals surface area contributed by atoms with Gasteiger partial charge in [-0.05, 0) is 56.2 Å². The van der Waals surface area contributed by atoms with Crippen LogP contribution < -0.4 is 16.0 Å². The van der Waals surface area contributed by atoms with E-state index in [1.807, 2.05) is 12.1 Å². The second-order valence-corrected chi connectivity index (χ2v) is 11.1. The number of thiazole rings is 1. The fraction of sp³-hybridized carbons (Fsp3) is 0.500. The van der Waals surface area contributed by atoms with E-state index < -0.39 is 35.2 Å². The molecule has 12 heteroatoms. The molecule has 2 saturated carbocycles. The van der Waals surface area contributed by atoms with Crippen molar-refractivity contribution in [3.05, 3.63) is 51.4 Å². The van der Waals surface area contributed by atoms with Gasteiger partial charge in [0.05, 0.1) is 13.2 Å². The molecule has 4 amide bonds. The number of hydrogen-bond donors (Lipinski definition) is 3. The van der Waals surface area contributed by atoms with Crippen LogP contribution in [-0.4, -0.2) is 64.9 Å². The van der Waals surface area contributed by atoms with Crippen molar-refractivity contribution in [3.63, 3.8) is 0 Å². The van der Waals surface area contributed by atoms with Crippen LogP contribution in [0.15, 0.2) is 35.8 Å². The van der Waals surface area contributed by atoms with Gasteiger partial charge in [0.1, 0.15) is 16.6 Å². The van der Waals surface area contributed by atoms with Gasteiger partial charge < -0.3 is 25.6 Å². The molecule has 0 spiro atoms. The fourth-order valence-electron chi connectivity index (χ4n) is 4.49. The van der Waals surface area contributed by atoms with Gasteiger partial charge >= 0.3 is 6.03 Å². The quantitative estimate of drug-likeness (QED) is 0.342. The van der Waals surface area contributed by atoms with Gasteiger partial charge in [-0.15, -0.1) is 11.3 Å². The van der Waals surface area contributed by atoms with E-state index in [2.05, 4.69) is 20.9 Å². The van der Waals surface area contributed by atoms with Gasteiger partial charge in [-0.3, -0.25) is 14.4 Å². The normalized spacial score (nSPS) is 16.9. The van der Waals surface area contributed by atoms with Crippen LogP contribution in [0.5, 0.6) is 0 Å². The third-order valence-corrected chi connectivity index (χ3v) is 8.12. The zero-order valence-corrected chi connectivity index (χ0v) is 22.8. The number of halogens is 1. The Bertz CT molecular complexity index is 1140. The third-order valence-electron chi connectivity index (χ3n) is 7.08. The van der Waals surface area contributed by atoms with E-state index in [4.69, 9.17) is 16.3 Å². The number of carbonyl (C=O) groups excluding carboxylic acids is 4. The van der Waals surface area contributed by atoms with E-state index in [0.717, 1.165) is 24.8 Å². The van der Waals surface area contributed by atoms with Gasteiger partial charge in [0, 0.05) is 36.3 Å². The smallest absolute Gasteiger partial charge is 0.318 e. The summed E-state index contributed by atoms with van der Waals surface area (Å²) >= 11 is 7.37. The number of amides is 4. The highest BCUT2D eigenvalue weighted by Gasteiger charge is 2.49. The average molecular weight is 562 g/mol. The first-order valence-electron chi connectivity index (χ1n) is 12.6. The van der Waals surface area contributed by atoms with Crippen molar-refractivity contribution in [3.8, 4) is 0 Å². The molecule has 1 aromatic heterocycles. The summed E-state index contributed by atoms with van der Waals surface area (Å²) in [5.74, 6) is -2.04. The van der Waals surface area contributed by atoms with Crippen molar-refractivity contribution in [1.29, 1.82) is 0 Å². The lowest BCUT2D eigenvalue weighted by atomic mass is 9.73. The zero-order valence-electron chi connectivity index (χ0n) is 21.2. The number of benzene rings is 1. The number of urea groups is 1. The van der Waals surface area contributed by atoms with Crippen molar-refractivity contribution in [2.45, 2.75) is 69.2 Å². The van der Waals surface area contributed by atoms with Crippen LogP contribution in [-0.2, 0) is 32.2 Å². The van der Waals surface area contributed by atoms with Gasteiger partial charge in [0.25, 0.3) is 5.91 Å². The van der Waals surface area contributed by atoms with Crippen LogP contribution in [0.4, 0.5) is 4.79 Å². The lowest BCUT2D eigenvalue weighted by Gasteiger charge is -2.41. The number of carbonyl (C=O) groups is 4. The standard InChI is InChI=1S/C26H32ClN5O5S/c1-37-16-20(30-25(36)32(19-4-2-5-19)15-17-6-8-18(27)9-7-17)23(34)31-26(10-3-11-26)22(33)24(35)29-14-21-28-12-13-38-21/h6-9,12-13,19-20H,2-5,10-11,14-16H2,1H3,(H,29,35)(H,30,36)(H,31,34)/t20-/m1/s1. The Hall–Kier alpha value is -3.02. The first-order valence-corrected chi connectivity index (χ1v) is 13.9. The highest BCUT2D eigenvalue weighted by Crippen LogP contribution is 2.33. The lowest BCUT2D eigenvalue weighted by molar-refractivity contribution is -0.146. The molecule has 0 bridgehead atoms. The average Bonchev–Trinajstić information content (AvgIpc) is 3.37. The Kier molecular flexibility index (Phi) is 9.35. The molecule has 0 saturated heterocycles. The number of Topliss-reactive ketones (excluding diaryl/α,β-unsaturated/α-hetero) is 1. The molecule has 1 atom stereocenters. The van der Waals surface area contributed by atoms with Crippen LogP contribution in [0.2, 0.25) is 5.02 Å². The molecule has 2 fully saturated rings. The molecule has 38 heavy (non-hydrogen) atoms. The minimum absolute atomic E-state index is 0.0676. The summed E-state index contributed by atoms with van der Waals surface area (Å²) in [4.78, 5) is 58.1. The molecule has 1 aromatic carbocycles. The largest absolute Gasteiger partial charge is 0.382 e. The number of methoxy groups -OCH3 is 1. The van der Waals surface area contributed by atoms with Gasteiger partial charge in [-0.1, -0.05) is 23.7 Å². The summed E-state index contributed by atoms with van der Waals surface area (Å²) in [6, 6.07) is 5.92. The van der Waals surface area contributed by atoms with Crippen molar-refractivity contribution < 1.29 is 23.9 Å². The molecule has 2 aromatic rings. The summed E-state index contributed by atoms with van der Waals surface area (Å²) in [5, 5.41) is 11.2. The Labute approximate surface area is 230 Å². The highest BCUT2D eigenvalue weighted by molar-refractivity contribution is 7.09. The van der Waals surface area contributed by atoms with Crippen molar-refractivity contribution in [2.75, 3.05) is 13.7 Å². The lowest BCUT2D eigenvalue weighted by Crippen LogP contribution is -2.66. The van der Waals surface area contributed by atoms with Crippen LogP contribution in [0.25, 0.3) is 0 Å². The fourth-order valence-corrected chi connectivity index (χ4v) is 5.17. The zero-order chi connectivity index (χ0) is 27.1. The van der Waals surface area contributed by atoms with E-state index in [9.17, 15) is 19.2 Å². The molecule has 1 heterocycles. The third kappa shape index (κ3) is 6.69. The number of hydrogen-bond acceptors (Lipinski definition) is 7. The monoisotopic (exact) mass is 561 g/mol. The number of ether oxygens (including phenoxy) is 1. The Balaban J connectivity index is 1.40. The maximum Gasteiger partial charge on any atom is 0.318 e. The van der Waals surface area contributed by atoms with E-state index in [-0.39, 0.29) is 19.2 Å². The van der Waals surface area contributed by atoms with Gasteiger partial charge in [0.15, 0.2) is 0 Å². The number of nitrogens with one attached hydrogen (secondary N) is 3. The first kappa shape index (κ1) is 28.0. The van der Waals surface area contributed by atoms with E-state index >= 15 is 0 Å². The molecule has 4 rings (SSSR count). The molecule has 2 aliphatic rings. The van der Waals surface area contributed by atoms with E-state index in [1.165, 1.54) is 18.4 Å². The number of nitrogens with zero attached hydrogens (tertiary/aromatic N) is 2. The van der Waals surface area contributed by atoms with E-state index in [0.29, 0.717) is 35.8 Å². The maximum absolute atomic E-state index is 13.3. The van der Waals surface area contributed by atoms with Crippen molar-refractivity contribution in [2.24, 2.45) is 0 Å². The summed E-state index contributed by atoms with van der Waals surface area (Å²) in [5.41, 5.74) is -0.371. The van der Waals surface area contributed by atoms with Crippen LogP contribution in [0, 0.1) is 0 Å². The topological polar surface area (TPSA) is 130 Å². The summed E-state index contributed by atoms with van der Waals surface area (Å²) in [6.45, 7) is 0.424. The van der Waals surface area contributed by atoms with Crippen molar-refractivity contribution >= 4 is 46.6 Å². The molecule has 204 valence electrons. The summed E-state index contributed by atoms with van der Waals surface area (Å²) < 4.78 is 5.21. The predicted molar refractivity (Wildman–Crippen MR) is 143 cm³/mol. The van der Waals surface area contributed by atoms with Gasteiger partial charge in [-0.2, -0.15) is 0 Å². The second kappa shape index (κ2) is 12.7. The molecule has 3 N–H and O–H groups in total. The summed E-state index contributed by atoms with van der Waals surface area (Å²) in [7, 11) is 1.43. The molecular weight excluding hydrogens is 530 g/mol. The molecule has 0 radical (unpaired) electrons. The number of rotatable bonds is 12. The number of aromatic nitrogens is 1. The molecule has 10 nitrogen and oxygen atoms in total. The maximum atomic E-state index is 13.3. The first-order chi connectivity index (χ1) is 18.3. The summed E-state index contributed by atoms with van der Waals surface area (Å²) in [6.07, 6.45) is 5.82. The minimum atomic E-state index is -1.29. The Morgan fingerprint density at radius 3 is 2.47 bits per heavy atom. The van der Waals surface area contributed by atoms with E-state index in [1.54, 1.807) is 28.6 Å². The SMILES string of the molecule is COC[C@@H](NC(=O)N(Cc1ccc(Cl)cc1)C1CCC1)C(=O)NC1(C(=O)C(=O)NCc2nccs2)CCC1. The molecule has 2 aliphatic carbocycles.